The van der Waals surface area contributed by atoms with Crippen molar-refractivity contribution in [3.8, 4) is 5.88 Å². The average Bonchev–Trinajstić information content (AvgIpc) is 2.47. The van der Waals surface area contributed by atoms with Crippen molar-refractivity contribution in [2.75, 3.05) is 12.4 Å². The van der Waals surface area contributed by atoms with Crippen molar-refractivity contribution in [2.45, 2.75) is 6.54 Å². The molecule has 6 heteroatoms. The summed E-state index contributed by atoms with van der Waals surface area (Å²) in [6.07, 6.45) is 1.66. The van der Waals surface area contributed by atoms with Crippen molar-refractivity contribution >= 4 is 34.6 Å². The van der Waals surface area contributed by atoms with Gasteiger partial charge in [-0.15, -0.1) is 0 Å². The average molecular weight is 308 g/mol. The van der Waals surface area contributed by atoms with Gasteiger partial charge in [0.15, 0.2) is 5.11 Å². The highest BCUT2D eigenvalue weighted by Crippen LogP contribution is 2.14. The van der Waals surface area contributed by atoms with Crippen LogP contribution in [0.3, 0.4) is 0 Å². The van der Waals surface area contributed by atoms with Crippen molar-refractivity contribution in [1.82, 2.24) is 10.3 Å². The fraction of sp³-hybridized carbons (Fsp3) is 0.143. The minimum absolute atomic E-state index is 0.511. The van der Waals surface area contributed by atoms with Gasteiger partial charge in [0, 0.05) is 17.6 Å². The minimum atomic E-state index is 0.511. The lowest BCUT2D eigenvalue weighted by Gasteiger charge is -2.11. The maximum atomic E-state index is 6.07. The van der Waals surface area contributed by atoms with Gasteiger partial charge in [0.2, 0.25) is 5.88 Å². The van der Waals surface area contributed by atoms with E-state index in [1.807, 2.05) is 30.3 Å². The third-order valence-electron chi connectivity index (χ3n) is 2.60. The Balaban J connectivity index is 1.87. The number of thiocarbonyl (C=S) groups is 1. The number of pyridine rings is 1. The van der Waals surface area contributed by atoms with Gasteiger partial charge in [-0.05, 0) is 29.9 Å². The molecule has 0 saturated heterocycles. The predicted molar refractivity (Wildman–Crippen MR) is 85.3 cm³/mol. The number of ether oxygens (including phenoxy) is 1. The number of nitrogens with zero attached hydrogens (tertiary/aromatic N) is 1. The summed E-state index contributed by atoms with van der Waals surface area (Å²) in [5.41, 5.74) is 1.79. The van der Waals surface area contributed by atoms with E-state index in [2.05, 4.69) is 15.6 Å². The summed E-state index contributed by atoms with van der Waals surface area (Å²) in [6, 6.07) is 11.2. The van der Waals surface area contributed by atoms with Gasteiger partial charge in [0.25, 0.3) is 0 Å². The summed E-state index contributed by atoms with van der Waals surface area (Å²) in [5.74, 6) is 0.561. The van der Waals surface area contributed by atoms with Crippen LogP contribution in [0, 0.1) is 0 Å². The summed E-state index contributed by atoms with van der Waals surface area (Å²) >= 11 is 11.3. The fourth-order valence-corrected chi connectivity index (χ4v) is 1.96. The molecule has 0 aliphatic rings. The van der Waals surface area contributed by atoms with Gasteiger partial charge in [-0.3, -0.25) is 0 Å². The molecule has 4 nitrogen and oxygen atoms in total. The first-order valence-corrected chi connectivity index (χ1v) is 6.76. The van der Waals surface area contributed by atoms with Crippen LogP contribution in [0.4, 0.5) is 5.69 Å². The van der Waals surface area contributed by atoms with E-state index >= 15 is 0 Å². The van der Waals surface area contributed by atoms with E-state index in [9.17, 15) is 0 Å². The van der Waals surface area contributed by atoms with Crippen molar-refractivity contribution in [2.24, 2.45) is 0 Å². The molecule has 0 spiro atoms. The first kappa shape index (κ1) is 14.6. The summed E-state index contributed by atoms with van der Waals surface area (Å²) < 4.78 is 4.99. The lowest BCUT2D eigenvalue weighted by Crippen LogP contribution is -2.28. The first-order chi connectivity index (χ1) is 9.69. The molecular weight excluding hydrogens is 294 g/mol. The number of benzene rings is 1. The number of methoxy groups -OCH3 is 1. The van der Waals surface area contributed by atoms with Crippen LogP contribution in [0.1, 0.15) is 5.56 Å². The Labute approximate surface area is 128 Å². The van der Waals surface area contributed by atoms with Crippen LogP contribution in [-0.4, -0.2) is 17.2 Å². The number of rotatable bonds is 4. The van der Waals surface area contributed by atoms with Crippen LogP contribution in [0.15, 0.2) is 42.6 Å². The van der Waals surface area contributed by atoms with Gasteiger partial charge in [-0.2, -0.15) is 0 Å². The van der Waals surface area contributed by atoms with Gasteiger partial charge in [0.1, 0.15) is 0 Å². The Morgan fingerprint density at radius 2 is 2.10 bits per heavy atom. The van der Waals surface area contributed by atoms with E-state index in [4.69, 9.17) is 28.6 Å². The number of hydrogen-bond acceptors (Lipinski definition) is 3. The highest BCUT2D eigenvalue weighted by molar-refractivity contribution is 7.80. The molecule has 1 aromatic heterocycles. The topological polar surface area (TPSA) is 46.2 Å². The number of nitrogens with one attached hydrogen (secondary N) is 2. The lowest BCUT2D eigenvalue weighted by atomic mass is 10.2. The SMILES string of the molecule is COc1ccc(NC(=S)NCc2ccccc2Cl)cn1. The molecule has 2 N–H and O–H groups in total. The maximum absolute atomic E-state index is 6.07. The van der Waals surface area contributed by atoms with Crippen LogP contribution in [0.2, 0.25) is 5.02 Å². The van der Waals surface area contributed by atoms with E-state index in [1.54, 1.807) is 19.4 Å². The van der Waals surface area contributed by atoms with Gasteiger partial charge >= 0.3 is 0 Å². The van der Waals surface area contributed by atoms with Gasteiger partial charge < -0.3 is 15.4 Å². The highest BCUT2D eigenvalue weighted by atomic mass is 35.5. The van der Waals surface area contributed by atoms with E-state index in [-0.39, 0.29) is 0 Å². The molecule has 1 heterocycles. The molecule has 0 radical (unpaired) electrons. The molecule has 20 heavy (non-hydrogen) atoms. The molecule has 2 rings (SSSR count). The first-order valence-electron chi connectivity index (χ1n) is 5.97. The van der Waals surface area contributed by atoms with Crippen molar-refractivity contribution in [1.29, 1.82) is 0 Å². The monoisotopic (exact) mass is 307 g/mol. The Bertz CT molecular complexity index is 589. The lowest BCUT2D eigenvalue weighted by molar-refractivity contribution is 0.398. The molecule has 104 valence electrons. The van der Waals surface area contributed by atoms with Crippen molar-refractivity contribution < 1.29 is 4.74 Å². The zero-order valence-electron chi connectivity index (χ0n) is 10.9. The summed E-state index contributed by atoms with van der Waals surface area (Å²) in [5, 5.41) is 7.36. The van der Waals surface area contributed by atoms with Crippen molar-refractivity contribution in [3.63, 3.8) is 0 Å². The summed E-state index contributed by atoms with van der Waals surface area (Å²) in [7, 11) is 1.57. The number of aromatic nitrogens is 1. The molecule has 0 saturated carbocycles. The molecule has 0 aliphatic carbocycles. The maximum Gasteiger partial charge on any atom is 0.213 e. The molecule has 0 fully saturated rings. The molecule has 0 atom stereocenters. The van der Waals surface area contributed by atoms with Crippen LogP contribution in [-0.2, 0) is 6.54 Å². The second-order valence-electron chi connectivity index (χ2n) is 3.99. The van der Waals surface area contributed by atoms with Gasteiger partial charge in [-0.1, -0.05) is 29.8 Å². The zero-order valence-corrected chi connectivity index (χ0v) is 12.5. The molecule has 1 aromatic carbocycles. The van der Waals surface area contributed by atoms with E-state index in [0.717, 1.165) is 11.3 Å². The standard InChI is InChI=1S/C14H14ClN3OS/c1-19-13-7-6-11(9-16-13)18-14(20)17-8-10-4-2-3-5-12(10)15/h2-7,9H,8H2,1H3,(H2,17,18,20). The normalized spacial score (nSPS) is 9.90. The Morgan fingerprint density at radius 1 is 1.30 bits per heavy atom. The van der Waals surface area contributed by atoms with Crippen molar-refractivity contribution in [3.05, 3.63) is 53.2 Å². The molecule has 0 amide bonds. The van der Waals surface area contributed by atoms with Crippen LogP contribution in [0.25, 0.3) is 0 Å². The third-order valence-corrected chi connectivity index (χ3v) is 3.22. The second kappa shape index (κ2) is 7.07. The largest absolute Gasteiger partial charge is 0.481 e. The van der Waals surface area contributed by atoms with Crippen LogP contribution >= 0.6 is 23.8 Å². The Morgan fingerprint density at radius 3 is 2.75 bits per heavy atom. The Kier molecular flexibility index (Phi) is 5.15. The highest BCUT2D eigenvalue weighted by Gasteiger charge is 2.01. The Hall–Kier alpha value is -1.85. The number of halogens is 1. The van der Waals surface area contributed by atoms with E-state index < -0.39 is 0 Å². The molecule has 0 bridgehead atoms. The fourth-order valence-electron chi connectivity index (χ4n) is 1.57. The number of anilines is 1. The molecular formula is C14H14ClN3OS. The van der Waals surface area contributed by atoms with E-state index in [1.165, 1.54) is 0 Å². The van der Waals surface area contributed by atoms with Gasteiger partial charge in [0.05, 0.1) is 19.0 Å². The van der Waals surface area contributed by atoms with Gasteiger partial charge in [-0.25, -0.2) is 4.98 Å². The zero-order chi connectivity index (χ0) is 14.4. The second-order valence-corrected chi connectivity index (χ2v) is 4.80. The smallest absolute Gasteiger partial charge is 0.213 e. The van der Waals surface area contributed by atoms with Crippen LogP contribution < -0.4 is 15.4 Å². The minimum Gasteiger partial charge on any atom is -0.481 e. The number of hydrogen-bond donors (Lipinski definition) is 2. The third kappa shape index (κ3) is 4.08. The predicted octanol–water partition coefficient (Wildman–Crippen LogP) is 3.23. The van der Waals surface area contributed by atoms with Crippen LogP contribution in [0.5, 0.6) is 5.88 Å². The molecule has 0 unspecified atom stereocenters. The quantitative estimate of drug-likeness (QED) is 0.849. The summed E-state index contributed by atoms with van der Waals surface area (Å²) in [4.78, 5) is 4.09. The molecule has 0 aliphatic heterocycles. The molecule has 2 aromatic rings. The van der Waals surface area contributed by atoms with E-state index in [0.29, 0.717) is 22.6 Å². The summed E-state index contributed by atoms with van der Waals surface area (Å²) in [6.45, 7) is 0.565.